The number of Topliss-reactive ketones (excluding diaryl/α,β-unsaturated/α-hetero) is 1. The van der Waals surface area contributed by atoms with Gasteiger partial charge in [0.15, 0.2) is 0 Å². The van der Waals surface area contributed by atoms with Gasteiger partial charge in [-0.15, -0.1) is 11.3 Å². The van der Waals surface area contributed by atoms with Crippen LogP contribution in [0.1, 0.15) is 47.4 Å². The Labute approximate surface area is 191 Å². The number of carbonyl (C=O) groups is 2. The summed E-state index contributed by atoms with van der Waals surface area (Å²) in [6.45, 7) is 6.09. The maximum Gasteiger partial charge on any atom is 0.300 e. The van der Waals surface area contributed by atoms with Crippen LogP contribution in [0, 0.1) is 6.92 Å². The maximum absolute atomic E-state index is 13.2. The van der Waals surface area contributed by atoms with Gasteiger partial charge >= 0.3 is 0 Å². The zero-order chi connectivity index (χ0) is 23.0. The summed E-state index contributed by atoms with van der Waals surface area (Å²) in [5, 5.41) is 13.2. The van der Waals surface area contributed by atoms with Gasteiger partial charge in [-0.05, 0) is 54.1 Å². The number of hydrogen-bond acceptors (Lipinski definition) is 5. The second-order valence-electron chi connectivity index (χ2n) is 8.13. The van der Waals surface area contributed by atoms with Gasteiger partial charge in [-0.1, -0.05) is 43.7 Å². The number of ether oxygens (including phenoxy) is 1. The van der Waals surface area contributed by atoms with Crippen molar-refractivity contribution in [2.24, 2.45) is 0 Å². The van der Waals surface area contributed by atoms with Crippen molar-refractivity contribution in [1.29, 1.82) is 0 Å². The number of anilines is 1. The van der Waals surface area contributed by atoms with Crippen LogP contribution in [0.2, 0.25) is 0 Å². The van der Waals surface area contributed by atoms with Gasteiger partial charge in [0.1, 0.15) is 17.6 Å². The van der Waals surface area contributed by atoms with Crippen LogP contribution >= 0.6 is 11.3 Å². The summed E-state index contributed by atoms with van der Waals surface area (Å²) in [6.07, 6.45) is 0. The van der Waals surface area contributed by atoms with Crippen LogP contribution < -0.4 is 9.64 Å². The SMILES string of the molecule is COc1ccc(C)cc1/C(O)=C1/C(=O)C(=O)N(c2ccc(C(C)C)cc2)C1c1cccs1. The molecule has 6 heteroatoms. The van der Waals surface area contributed by atoms with E-state index in [1.165, 1.54) is 23.3 Å². The third-order valence-corrected chi connectivity index (χ3v) is 6.63. The largest absolute Gasteiger partial charge is 0.507 e. The number of nitrogens with zero attached hydrogens (tertiary/aromatic N) is 1. The highest BCUT2D eigenvalue weighted by atomic mass is 32.1. The molecule has 1 saturated heterocycles. The van der Waals surface area contributed by atoms with Gasteiger partial charge in [0.25, 0.3) is 11.7 Å². The van der Waals surface area contributed by atoms with Crippen molar-refractivity contribution in [3.63, 3.8) is 0 Å². The molecule has 1 aliphatic rings. The molecule has 1 unspecified atom stereocenters. The smallest absolute Gasteiger partial charge is 0.300 e. The molecule has 1 N–H and O–H groups in total. The molecular weight excluding hydrogens is 422 g/mol. The van der Waals surface area contributed by atoms with E-state index in [-0.39, 0.29) is 11.3 Å². The number of aliphatic hydroxyl groups excluding tert-OH is 1. The molecule has 4 rings (SSSR count). The first-order valence-electron chi connectivity index (χ1n) is 10.4. The molecule has 3 aromatic rings. The molecule has 164 valence electrons. The summed E-state index contributed by atoms with van der Waals surface area (Å²) in [5.41, 5.74) is 3.11. The minimum Gasteiger partial charge on any atom is -0.507 e. The number of thiophene rings is 1. The standard InChI is InChI=1S/C26H25NO4S/c1-15(2)17-8-10-18(11-9-17)27-23(21-6-5-13-32-21)22(25(29)26(27)30)24(28)19-14-16(3)7-12-20(19)31-4/h5-15,23,28H,1-4H3/b24-22-. The summed E-state index contributed by atoms with van der Waals surface area (Å²) < 4.78 is 5.41. The molecule has 32 heavy (non-hydrogen) atoms. The minimum absolute atomic E-state index is 0.0642. The monoisotopic (exact) mass is 447 g/mol. The summed E-state index contributed by atoms with van der Waals surface area (Å²) in [5.74, 6) is -0.818. The number of hydrogen-bond donors (Lipinski definition) is 1. The van der Waals surface area contributed by atoms with E-state index in [2.05, 4.69) is 13.8 Å². The number of carbonyl (C=O) groups excluding carboxylic acids is 2. The summed E-state index contributed by atoms with van der Waals surface area (Å²) in [7, 11) is 1.51. The lowest BCUT2D eigenvalue weighted by Crippen LogP contribution is -2.29. The van der Waals surface area contributed by atoms with E-state index in [1.54, 1.807) is 12.1 Å². The molecule has 0 aliphatic carbocycles. The Balaban J connectivity index is 1.91. The molecule has 2 heterocycles. The van der Waals surface area contributed by atoms with Crippen LogP contribution in [0.25, 0.3) is 5.76 Å². The van der Waals surface area contributed by atoms with E-state index in [1.807, 2.05) is 54.8 Å². The Morgan fingerprint density at radius 1 is 1.09 bits per heavy atom. The number of benzene rings is 2. The van der Waals surface area contributed by atoms with Crippen molar-refractivity contribution in [2.45, 2.75) is 32.7 Å². The van der Waals surface area contributed by atoms with E-state index in [4.69, 9.17) is 4.74 Å². The third kappa shape index (κ3) is 3.71. The van der Waals surface area contributed by atoms with Crippen molar-refractivity contribution in [2.75, 3.05) is 12.0 Å². The number of rotatable bonds is 5. The van der Waals surface area contributed by atoms with Gasteiger partial charge in [0, 0.05) is 10.6 Å². The zero-order valence-corrected chi connectivity index (χ0v) is 19.3. The molecule has 2 aromatic carbocycles. The summed E-state index contributed by atoms with van der Waals surface area (Å²) in [6, 6.07) is 16.0. The third-order valence-electron chi connectivity index (χ3n) is 5.71. The zero-order valence-electron chi connectivity index (χ0n) is 18.5. The molecule has 1 atom stereocenters. The van der Waals surface area contributed by atoms with Crippen molar-refractivity contribution < 1.29 is 19.4 Å². The maximum atomic E-state index is 13.2. The predicted molar refractivity (Wildman–Crippen MR) is 127 cm³/mol. The van der Waals surface area contributed by atoms with E-state index in [0.29, 0.717) is 22.9 Å². The van der Waals surface area contributed by atoms with Gasteiger partial charge in [-0.2, -0.15) is 0 Å². The van der Waals surface area contributed by atoms with E-state index in [0.717, 1.165) is 16.0 Å². The number of ketones is 1. The Hall–Kier alpha value is -3.38. The average Bonchev–Trinajstić information content (AvgIpc) is 3.40. The second-order valence-corrected chi connectivity index (χ2v) is 9.11. The molecule has 1 fully saturated rings. The van der Waals surface area contributed by atoms with Crippen LogP contribution in [0.4, 0.5) is 5.69 Å². The first-order valence-corrected chi connectivity index (χ1v) is 11.3. The van der Waals surface area contributed by atoms with Crippen molar-refractivity contribution in [3.8, 4) is 5.75 Å². The van der Waals surface area contributed by atoms with Crippen LogP contribution in [0.3, 0.4) is 0 Å². The Morgan fingerprint density at radius 3 is 2.41 bits per heavy atom. The van der Waals surface area contributed by atoms with Crippen molar-refractivity contribution >= 4 is 34.5 Å². The van der Waals surface area contributed by atoms with Crippen molar-refractivity contribution in [1.82, 2.24) is 0 Å². The Kier molecular flexibility index (Phi) is 5.89. The number of amides is 1. The lowest BCUT2D eigenvalue weighted by molar-refractivity contribution is -0.132. The van der Waals surface area contributed by atoms with Gasteiger partial charge in [0.05, 0.1) is 18.2 Å². The number of aryl methyl sites for hydroxylation is 1. The van der Waals surface area contributed by atoms with Crippen LogP contribution in [-0.4, -0.2) is 23.9 Å². The average molecular weight is 448 g/mol. The number of aliphatic hydroxyl groups is 1. The van der Waals surface area contributed by atoms with Gasteiger partial charge < -0.3 is 9.84 Å². The predicted octanol–water partition coefficient (Wildman–Crippen LogP) is 5.81. The molecular formula is C26H25NO4S. The van der Waals surface area contributed by atoms with Crippen LogP contribution in [0.5, 0.6) is 5.75 Å². The first-order chi connectivity index (χ1) is 15.3. The van der Waals surface area contributed by atoms with Gasteiger partial charge in [-0.25, -0.2) is 0 Å². The molecule has 0 spiro atoms. The molecule has 0 saturated carbocycles. The topological polar surface area (TPSA) is 66.8 Å². The fourth-order valence-electron chi connectivity index (χ4n) is 3.99. The molecule has 0 bridgehead atoms. The highest BCUT2D eigenvalue weighted by molar-refractivity contribution is 7.10. The van der Waals surface area contributed by atoms with E-state index < -0.39 is 17.7 Å². The fraction of sp³-hybridized carbons (Fsp3) is 0.231. The molecule has 5 nitrogen and oxygen atoms in total. The molecule has 1 aromatic heterocycles. The first kappa shape index (κ1) is 21.8. The Morgan fingerprint density at radius 2 is 1.81 bits per heavy atom. The quantitative estimate of drug-likeness (QED) is 0.304. The van der Waals surface area contributed by atoms with Crippen LogP contribution in [-0.2, 0) is 9.59 Å². The summed E-state index contributed by atoms with van der Waals surface area (Å²) in [4.78, 5) is 28.7. The minimum atomic E-state index is -0.717. The molecule has 0 radical (unpaired) electrons. The lowest BCUT2D eigenvalue weighted by atomic mass is 9.98. The number of methoxy groups -OCH3 is 1. The highest BCUT2D eigenvalue weighted by Gasteiger charge is 2.47. The van der Waals surface area contributed by atoms with Crippen molar-refractivity contribution in [3.05, 3.63) is 87.1 Å². The van der Waals surface area contributed by atoms with Gasteiger partial charge in [0.2, 0.25) is 0 Å². The lowest BCUT2D eigenvalue weighted by Gasteiger charge is -2.24. The Bertz CT molecular complexity index is 1190. The second kappa shape index (κ2) is 8.63. The van der Waals surface area contributed by atoms with E-state index >= 15 is 0 Å². The van der Waals surface area contributed by atoms with Gasteiger partial charge in [-0.3, -0.25) is 14.5 Å². The summed E-state index contributed by atoms with van der Waals surface area (Å²) >= 11 is 1.44. The highest BCUT2D eigenvalue weighted by Crippen LogP contribution is 2.44. The van der Waals surface area contributed by atoms with Crippen LogP contribution in [0.15, 0.2) is 65.6 Å². The fourth-order valence-corrected chi connectivity index (χ4v) is 4.81. The molecule has 1 amide bonds. The normalized spacial score (nSPS) is 17.9. The molecule has 1 aliphatic heterocycles. The van der Waals surface area contributed by atoms with E-state index in [9.17, 15) is 14.7 Å².